The molecule has 0 saturated heterocycles. The minimum absolute atomic E-state index is 0.0552. The van der Waals surface area contributed by atoms with Crippen molar-refractivity contribution in [1.29, 1.82) is 0 Å². The highest BCUT2D eigenvalue weighted by molar-refractivity contribution is 7.89. The minimum Gasteiger partial charge on any atom is -0.258 e. The summed E-state index contributed by atoms with van der Waals surface area (Å²) in [4.78, 5) is 9.91. The first-order chi connectivity index (χ1) is 7.67. The second kappa shape index (κ2) is 4.59. The summed E-state index contributed by atoms with van der Waals surface area (Å²) in [5.74, 6) is 0. The van der Waals surface area contributed by atoms with Crippen LogP contribution in [0.3, 0.4) is 0 Å². The van der Waals surface area contributed by atoms with E-state index in [0.29, 0.717) is 0 Å². The van der Waals surface area contributed by atoms with Gasteiger partial charge in [-0.2, -0.15) is 0 Å². The lowest BCUT2D eigenvalue weighted by atomic mass is 10.2. The Hall–Kier alpha value is -1.18. The van der Waals surface area contributed by atoms with Crippen LogP contribution >= 0.6 is 11.6 Å². The SMILES string of the molecule is Cc1c(Cl)cc(S(=O)(=O)N(C)C)cc1[N+](=O)[O-]. The molecule has 17 heavy (non-hydrogen) atoms. The molecule has 8 heteroatoms. The number of nitro groups is 1. The summed E-state index contributed by atoms with van der Waals surface area (Å²) < 4.78 is 24.6. The normalized spacial score (nSPS) is 11.8. The summed E-state index contributed by atoms with van der Waals surface area (Å²) in [7, 11) is -1.04. The van der Waals surface area contributed by atoms with Crippen LogP contribution in [0.25, 0.3) is 0 Å². The van der Waals surface area contributed by atoms with Gasteiger partial charge in [0.15, 0.2) is 0 Å². The molecule has 0 aromatic heterocycles. The van der Waals surface area contributed by atoms with Crippen molar-refractivity contribution in [2.45, 2.75) is 11.8 Å². The largest absolute Gasteiger partial charge is 0.275 e. The van der Waals surface area contributed by atoms with Gasteiger partial charge in [0, 0.05) is 25.7 Å². The van der Waals surface area contributed by atoms with Gasteiger partial charge in [0.2, 0.25) is 10.0 Å². The van der Waals surface area contributed by atoms with Gasteiger partial charge in [0.05, 0.1) is 14.8 Å². The fourth-order valence-corrected chi connectivity index (χ4v) is 2.42. The molecule has 0 bridgehead atoms. The molecule has 0 spiro atoms. The van der Waals surface area contributed by atoms with Crippen LogP contribution in [0.4, 0.5) is 5.69 Å². The van der Waals surface area contributed by atoms with Gasteiger partial charge < -0.3 is 0 Å². The van der Waals surface area contributed by atoms with Crippen molar-refractivity contribution in [1.82, 2.24) is 4.31 Å². The quantitative estimate of drug-likeness (QED) is 0.624. The molecule has 0 unspecified atom stereocenters. The molecule has 6 nitrogen and oxygen atoms in total. The van der Waals surface area contributed by atoms with Gasteiger partial charge >= 0.3 is 0 Å². The number of benzene rings is 1. The van der Waals surface area contributed by atoms with Gasteiger partial charge in [0.25, 0.3) is 5.69 Å². The third kappa shape index (κ3) is 2.56. The van der Waals surface area contributed by atoms with E-state index in [1.54, 1.807) is 0 Å². The third-order valence-corrected chi connectivity index (χ3v) is 4.45. The summed E-state index contributed by atoms with van der Waals surface area (Å²) in [5.41, 5.74) is -0.0627. The summed E-state index contributed by atoms with van der Waals surface area (Å²) >= 11 is 5.79. The molecule has 0 aliphatic heterocycles. The molecule has 94 valence electrons. The third-order valence-electron chi connectivity index (χ3n) is 2.27. The van der Waals surface area contributed by atoms with E-state index in [-0.39, 0.29) is 21.2 Å². The van der Waals surface area contributed by atoms with E-state index in [1.165, 1.54) is 27.1 Å². The highest BCUT2D eigenvalue weighted by atomic mass is 35.5. The van der Waals surface area contributed by atoms with Crippen LogP contribution in [0.5, 0.6) is 0 Å². The maximum Gasteiger partial charge on any atom is 0.275 e. The van der Waals surface area contributed by atoms with Gasteiger partial charge in [-0.1, -0.05) is 11.6 Å². The topological polar surface area (TPSA) is 80.5 Å². The fourth-order valence-electron chi connectivity index (χ4n) is 1.19. The molecule has 0 atom stereocenters. The van der Waals surface area contributed by atoms with E-state index >= 15 is 0 Å². The summed E-state index contributed by atoms with van der Waals surface area (Å²) in [6, 6.07) is 2.22. The molecule has 0 radical (unpaired) electrons. The Morgan fingerprint density at radius 3 is 2.29 bits per heavy atom. The highest BCUT2D eigenvalue weighted by Gasteiger charge is 2.23. The number of hydrogen-bond donors (Lipinski definition) is 0. The molecule has 1 rings (SSSR count). The van der Waals surface area contributed by atoms with Crippen LogP contribution in [0, 0.1) is 17.0 Å². The monoisotopic (exact) mass is 278 g/mol. The van der Waals surface area contributed by atoms with Crippen molar-refractivity contribution >= 4 is 27.3 Å². The van der Waals surface area contributed by atoms with Gasteiger partial charge in [-0.3, -0.25) is 10.1 Å². The van der Waals surface area contributed by atoms with Gasteiger partial charge in [-0.15, -0.1) is 0 Å². The first-order valence-electron chi connectivity index (χ1n) is 4.55. The van der Waals surface area contributed by atoms with E-state index in [4.69, 9.17) is 11.6 Å². The Bertz CT molecular complexity index is 569. The molecule has 0 aliphatic rings. The van der Waals surface area contributed by atoms with Crippen molar-refractivity contribution in [2.24, 2.45) is 0 Å². The van der Waals surface area contributed by atoms with Gasteiger partial charge in [-0.05, 0) is 13.0 Å². The Labute approximate surface area is 104 Å². The van der Waals surface area contributed by atoms with Gasteiger partial charge in [-0.25, -0.2) is 12.7 Å². The number of rotatable bonds is 3. The zero-order valence-electron chi connectivity index (χ0n) is 9.47. The van der Waals surface area contributed by atoms with E-state index in [1.807, 2.05) is 0 Å². The highest BCUT2D eigenvalue weighted by Crippen LogP contribution is 2.30. The molecule has 0 fully saturated rings. The molecular weight excluding hydrogens is 268 g/mol. The summed E-state index contributed by atoms with van der Waals surface area (Å²) in [6.45, 7) is 1.46. The average Bonchev–Trinajstić information content (AvgIpc) is 2.20. The first kappa shape index (κ1) is 13.9. The zero-order valence-corrected chi connectivity index (χ0v) is 11.0. The molecule has 0 heterocycles. The van der Waals surface area contributed by atoms with Crippen LogP contribution in [0.15, 0.2) is 17.0 Å². The van der Waals surface area contributed by atoms with E-state index in [2.05, 4.69) is 0 Å². The van der Waals surface area contributed by atoms with Crippen molar-refractivity contribution in [3.8, 4) is 0 Å². The number of nitro benzene ring substituents is 1. The van der Waals surface area contributed by atoms with Crippen LogP contribution in [0.2, 0.25) is 5.02 Å². The lowest BCUT2D eigenvalue weighted by molar-refractivity contribution is -0.385. The minimum atomic E-state index is -3.73. The summed E-state index contributed by atoms with van der Waals surface area (Å²) in [6.07, 6.45) is 0. The van der Waals surface area contributed by atoms with Crippen LogP contribution in [-0.4, -0.2) is 31.7 Å². The molecule has 0 N–H and O–H groups in total. The Balaban J connectivity index is 3.55. The Morgan fingerprint density at radius 2 is 1.88 bits per heavy atom. The van der Waals surface area contributed by atoms with Crippen LogP contribution in [0.1, 0.15) is 5.56 Å². The predicted octanol–water partition coefficient (Wildman–Crippen LogP) is 1.81. The van der Waals surface area contributed by atoms with Gasteiger partial charge in [0.1, 0.15) is 0 Å². The number of nitrogens with zero attached hydrogens (tertiary/aromatic N) is 2. The molecular formula is C9H11ClN2O4S. The molecule has 1 aromatic rings. The fraction of sp³-hybridized carbons (Fsp3) is 0.333. The smallest absolute Gasteiger partial charge is 0.258 e. The molecule has 0 amide bonds. The maximum absolute atomic E-state index is 11.8. The number of hydrogen-bond acceptors (Lipinski definition) is 4. The van der Waals surface area contributed by atoms with E-state index < -0.39 is 14.9 Å². The van der Waals surface area contributed by atoms with Crippen molar-refractivity contribution in [3.63, 3.8) is 0 Å². The second-order valence-electron chi connectivity index (χ2n) is 3.59. The zero-order chi connectivity index (χ0) is 13.4. The molecule has 0 aliphatic carbocycles. The lowest BCUT2D eigenvalue weighted by Crippen LogP contribution is -2.22. The lowest BCUT2D eigenvalue weighted by Gasteiger charge is -2.12. The number of halogens is 1. The molecule has 0 saturated carbocycles. The standard InChI is InChI=1S/C9H11ClN2O4S/c1-6-8(10)4-7(5-9(6)12(13)14)17(15,16)11(2)3/h4-5H,1-3H3. The number of sulfonamides is 1. The van der Waals surface area contributed by atoms with Crippen LogP contribution in [-0.2, 0) is 10.0 Å². The second-order valence-corrected chi connectivity index (χ2v) is 6.15. The molecule has 1 aromatic carbocycles. The average molecular weight is 279 g/mol. The Morgan fingerprint density at radius 1 is 1.35 bits per heavy atom. The Kier molecular flexibility index (Phi) is 3.75. The van der Waals surface area contributed by atoms with Crippen molar-refractivity contribution < 1.29 is 13.3 Å². The van der Waals surface area contributed by atoms with E-state index in [0.717, 1.165) is 10.4 Å². The predicted molar refractivity (Wildman–Crippen MR) is 63.7 cm³/mol. The first-order valence-corrected chi connectivity index (χ1v) is 6.36. The van der Waals surface area contributed by atoms with Crippen LogP contribution < -0.4 is 0 Å². The summed E-state index contributed by atoms with van der Waals surface area (Å²) in [5, 5.41) is 10.8. The maximum atomic E-state index is 11.8. The van der Waals surface area contributed by atoms with Crippen molar-refractivity contribution in [3.05, 3.63) is 32.8 Å². The van der Waals surface area contributed by atoms with E-state index in [9.17, 15) is 18.5 Å². The van der Waals surface area contributed by atoms with Crippen molar-refractivity contribution in [2.75, 3.05) is 14.1 Å².